The first-order valence-corrected chi connectivity index (χ1v) is 7.15. The zero-order valence-corrected chi connectivity index (χ0v) is 10.9. The van der Waals surface area contributed by atoms with Crippen LogP contribution in [0.1, 0.15) is 58.3 Å². The highest BCUT2D eigenvalue weighted by Gasteiger charge is 2.21. The lowest BCUT2D eigenvalue weighted by Crippen LogP contribution is -2.37. The summed E-state index contributed by atoms with van der Waals surface area (Å²) in [6.45, 7) is 3.18. The highest BCUT2D eigenvalue weighted by molar-refractivity contribution is 5.76. The molecule has 1 aliphatic carbocycles. The molecule has 17 heavy (non-hydrogen) atoms. The molecule has 1 unspecified atom stereocenters. The van der Waals surface area contributed by atoms with Crippen LogP contribution < -0.4 is 5.32 Å². The van der Waals surface area contributed by atoms with E-state index in [-0.39, 0.29) is 5.91 Å². The van der Waals surface area contributed by atoms with Gasteiger partial charge in [-0.25, -0.2) is 0 Å². The summed E-state index contributed by atoms with van der Waals surface area (Å²) in [5.74, 6) is 1.06. The summed E-state index contributed by atoms with van der Waals surface area (Å²) in [7, 11) is 0. The zero-order chi connectivity index (χ0) is 12.1. The molecule has 1 saturated carbocycles. The molecular weight excluding hydrogens is 214 g/mol. The van der Waals surface area contributed by atoms with Gasteiger partial charge in [-0.1, -0.05) is 6.92 Å². The Morgan fingerprint density at radius 1 is 1.24 bits per heavy atom. The van der Waals surface area contributed by atoms with Crippen LogP contribution in [0.4, 0.5) is 0 Å². The predicted molar refractivity (Wildman–Crippen MR) is 67.8 cm³/mol. The van der Waals surface area contributed by atoms with Gasteiger partial charge in [-0.2, -0.15) is 0 Å². The van der Waals surface area contributed by atoms with Crippen molar-refractivity contribution in [2.24, 2.45) is 5.92 Å². The van der Waals surface area contributed by atoms with E-state index in [2.05, 4.69) is 12.2 Å². The maximum Gasteiger partial charge on any atom is 0.220 e. The van der Waals surface area contributed by atoms with E-state index < -0.39 is 0 Å². The molecule has 0 radical (unpaired) electrons. The van der Waals surface area contributed by atoms with Gasteiger partial charge in [0.1, 0.15) is 0 Å². The summed E-state index contributed by atoms with van der Waals surface area (Å²) in [6, 6.07) is 0.434. The topological polar surface area (TPSA) is 38.3 Å². The quantitative estimate of drug-likeness (QED) is 0.819. The van der Waals surface area contributed by atoms with Crippen molar-refractivity contribution < 1.29 is 9.53 Å². The SMILES string of the molecule is CC1CCC(NC(=O)CCC2CCCO2)CC1. The van der Waals surface area contributed by atoms with Crippen molar-refractivity contribution >= 4 is 5.91 Å². The third kappa shape index (κ3) is 4.30. The molecule has 2 fully saturated rings. The third-order valence-corrected chi connectivity index (χ3v) is 4.10. The second-order valence-corrected chi connectivity index (χ2v) is 5.70. The van der Waals surface area contributed by atoms with Crippen molar-refractivity contribution in [1.29, 1.82) is 0 Å². The van der Waals surface area contributed by atoms with E-state index in [1.165, 1.54) is 12.8 Å². The fraction of sp³-hybridized carbons (Fsp3) is 0.929. The van der Waals surface area contributed by atoms with E-state index in [1.54, 1.807) is 0 Å². The van der Waals surface area contributed by atoms with Crippen molar-refractivity contribution in [3.63, 3.8) is 0 Å². The number of carbonyl (C=O) groups excluding carboxylic acids is 1. The Morgan fingerprint density at radius 2 is 2.00 bits per heavy atom. The summed E-state index contributed by atoms with van der Waals surface area (Å²) < 4.78 is 5.53. The maximum atomic E-state index is 11.8. The normalized spacial score (nSPS) is 33.6. The summed E-state index contributed by atoms with van der Waals surface area (Å²) >= 11 is 0. The van der Waals surface area contributed by atoms with Crippen molar-refractivity contribution in [3.8, 4) is 0 Å². The molecule has 0 spiro atoms. The average molecular weight is 239 g/mol. The van der Waals surface area contributed by atoms with Gasteiger partial charge in [0.05, 0.1) is 6.10 Å². The van der Waals surface area contributed by atoms with Crippen LogP contribution >= 0.6 is 0 Å². The number of ether oxygens (including phenoxy) is 1. The van der Waals surface area contributed by atoms with E-state index in [0.717, 1.165) is 44.6 Å². The molecule has 0 aromatic heterocycles. The largest absolute Gasteiger partial charge is 0.378 e. The highest BCUT2D eigenvalue weighted by Crippen LogP contribution is 2.23. The van der Waals surface area contributed by atoms with Crippen LogP contribution in [0.15, 0.2) is 0 Å². The Morgan fingerprint density at radius 3 is 2.65 bits per heavy atom. The molecule has 3 heteroatoms. The van der Waals surface area contributed by atoms with E-state index in [0.29, 0.717) is 18.6 Å². The van der Waals surface area contributed by atoms with Crippen molar-refractivity contribution in [2.75, 3.05) is 6.61 Å². The van der Waals surface area contributed by atoms with E-state index in [4.69, 9.17) is 4.74 Å². The molecule has 1 saturated heterocycles. The standard InChI is InChI=1S/C14H25NO2/c1-11-4-6-12(7-5-11)15-14(16)9-8-13-3-2-10-17-13/h11-13H,2-10H2,1H3,(H,15,16). The van der Waals surface area contributed by atoms with Crippen LogP contribution in [-0.4, -0.2) is 24.7 Å². The minimum Gasteiger partial charge on any atom is -0.378 e. The van der Waals surface area contributed by atoms with E-state index >= 15 is 0 Å². The fourth-order valence-electron chi connectivity index (χ4n) is 2.87. The lowest BCUT2D eigenvalue weighted by molar-refractivity contribution is -0.122. The number of nitrogens with one attached hydrogen (secondary N) is 1. The summed E-state index contributed by atoms with van der Waals surface area (Å²) in [5.41, 5.74) is 0. The van der Waals surface area contributed by atoms with Gasteiger partial charge in [-0.3, -0.25) is 4.79 Å². The maximum absolute atomic E-state index is 11.8. The van der Waals surface area contributed by atoms with Gasteiger partial charge < -0.3 is 10.1 Å². The van der Waals surface area contributed by atoms with Gasteiger partial charge in [0.25, 0.3) is 0 Å². The first-order chi connectivity index (χ1) is 8.24. The molecule has 1 heterocycles. The first kappa shape index (κ1) is 12.9. The molecule has 3 nitrogen and oxygen atoms in total. The lowest BCUT2D eigenvalue weighted by Gasteiger charge is -2.27. The van der Waals surface area contributed by atoms with Crippen molar-refractivity contribution in [1.82, 2.24) is 5.32 Å². The van der Waals surface area contributed by atoms with Crippen LogP contribution in [0.5, 0.6) is 0 Å². The number of rotatable bonds is 4. The fourth-order valence-corrected chi connectivity index (χ4v) is 2.87. The van der Waals surface area contributed by atoms with Gasteiger partial charge in [-0.05, 0) is 50.9 Å². The lowest BCUT2D eigenvalue weighted by atomic mass is 9.87. The number of amides is 1. The van der Waals surface area contributed by atoms with E-state index in [9.17, 15) is 4.79 Å². The zero-order valence-electron chi connectivity index (χ0n) is 10.9. The monoisotopic (exact) mass is 239 g/mol. The molecule has 1 amide bonds. The van der Waals surface area contributed by atoms with Gasteiger partial charge in [0.2, 0.25) is 5.91 Å². The smallest absolute Gasteiger partial charge is 0.220 e. The number of carbonyl (C=O) groups is 1. The van der Waals surface area contributed by atoms with E-state index in [1.807, 2.05) is 0 Å². The molecule has 98 valence electrons. The molecule has 1 atom stereocenters. The third-order valence-electron chi connectivity index (χ3n) is 4.10. The van der Waals surface area contributed by atoms with Crippen LogP contribution in [0.2, 0.25) is 0 Å². The number of hydrogen-bond acceptors (Lipinski definition) is 2. The summed E-state index contributed by atoms with van der Waals surface area (Å²) in [4.78, 5) is 11.8. The second kappa shape index (κ2) is 6.39. The summed E-state index contributed by atoms with van der Waals surface area (Å²) in [6.07, 6.45) is 9.01. The Balaban J connectivity index is 1.60. The number of hydrogen-bond donors (Lipinski definition) is 1. The van der Waals surface area contributed by atoms with Crippen LogP contribution in [-0.2, 0) is 9.53 Å². The molecule has 0 bridgehead atoms. The molecule has 1 aliphatic heterocycles. The molecule has 2 rings (SSSR count). The van der Waals surface area contributed by atoms with Gasteiger partial charge in [0.15, 0.2) is 0 Å². The molecule has 1 N–H and O–H groups in total. The average Bonchev–Trinajstić information content (AvgIpc) is 2.83. The highest BCUT2D eigenvalue weighted by atomic mass is 16.5. The predicted octanol–water partition coefficient (Wildman–Crippen LogP) is 2.64. The van der Waals surface area contributed by atoms with Crippen molar-refractivity contribution in [2.45, 2.75) is 70.4 Å². The van der Waals surface area contributed by atoms with Crippen LogP contribution in [0.25, 0.3) is 0 Å². The molecule has 0 aromatic carbocycles. The minimum atomic E-state index is 0.222. The van der Waals surface area contributed by atoms with Gasteiger partial charge in [0, 0.05) is 19.1 Å². The van der Waals surface area contributed by atoms with Crippen LogP contribution in [0, 0.1) is 5.92 Å². The molecule has 0 aromatic rings. The van der Waals surface area contributed by atoms with Gasteiger partial charge >= 0.3 is 0 Å². The minimum absolute atomic E-state index is 0.222. The second-order valence-electron chi connectivity index (χ2n) is 5.70. The van der Waals surface area contributed by atoms with Crippen LogP contribution in [0.3, 0.4) is 0 Å². The summed E-state index contributed by atoms with van der Waals surface area (Å²) in [5, 5.41) is 3.17. The Labute approximate surface area is 104 Å². The molecule has 2 aliphatic rings. The Kier molecular flexibility index (Phi) is 4.84. The Bertz CT molecular complexity index is 241. The first-order valence-electron chi connectivity index (χ1n) is 7.15. The molecular formula is C14H25NO2. The van der Waals surface area contributed by atoms with Crippen molar-refractivity contribution in [3.05, 3.63) is 0 Å². The Hall–Kier alpha value is -0.570. The van der Waals surface area contributed by atoms with Gasteiger partial charge in [-0.15, -0.1) is 0 Å².